The molecule has 1 fully saturated rings. The van der Waals surface area contributed by atoms with Gasteiger partial charge in [0.05, 0.1) is 0 Å². The van der Waals surface area contributed by atoms with Crippen LogP contribution in [0.4, 0.5) is 0 Å². The third kappa shape index (κ3) is 3.96. The van der Waals surface area contributed by atoms with Gasteiger partial charge in [-0.3, -0.25) is 14.5 Å². The van der Waals surface area contributed by atoms with Gasteiger partial charge in [-0.1, -0.05) is 13.8 Å². The summed E-state index contributed by atoms with van der Waals surface area (Å²) in [6.07, 6.45) is 0.887. The molecule has 1 saturated heterocycles. The maximum atomic E-state index is 11.8. The van der Waals surface area contributed by atoms with Crippen molar-refractivity contribution in [3.8, 4) is 0 Å². The molecule has 0 aromatic rings. The molecule has 0 aromatic carbocycles. The number of thiocarbonyl (C=S) groups is 1. The Morgan fingerprint density at radius 1 is 1.53 bits per heavy atom. The molecule has 0 spiro atoms. The molecule has 6 heteroatoms. The lowest BCUT2D eigenvalue weighted by Gasteiger charge is -2.29. The van der Waals surface area contributed by atoms with Gasteiger partial charge in [0.15, 0.2) is 5.11 Å². The maximum absolute atomic E-state index is 11.8. The van der Waals surface area contributed by atoms with E-state index in [1.54, 1.807) is 0 Å². The number of amides is 2. The Hall–Kier alpha value is -1.17. The lowest BCUT2D eigenvalue weighted by Crippen LogP contribution is -2.55. The molecule has 1 aliphatic rings. The van der Waals surface area contributed by atoms with Gasteiger partial charge in [0.1, 0.15) is 6.04 Å². The van der Waals surface area contributed by atoms with Crippen LogP contribution in [-0.2, 0) is 9.59 Å². The standard InChI is InChI=1S/C11H19N3O2S/c1-7(2)6-12-11(17)13-8-4-5-9(15)14(3)10(8)16/h7-8H,4-6H2,1-3H3,(H2,12,13,17). The number of likely N-dealkylation sites (tertiary alicyclic amines) is 1. The van der Waals surface area contributed by atoms with E-state index >= 15 is 0 Å². The van der Waals surface area contributed by atoms with E-state index in [-0.39, 0.29) is 17.9 Å². The number of nitrogens with one attached hydrogen (secondary N) is 2. The minimum Gasteiger partial charge on any atom is -0.362 e. The Bertz CT molecular complexity index is 331. The van der Waals surface area contributed by atoms with Crippen molar-refractivity contribution in [2.75, 3.05) is 13.6 Å². The van der Waals surface area contributed by atoms with Crippen molar-refractivity contribution < 1.29 is 9.59 Å². The maximum Gasteiger partial charge on any atom is 0.251 e. The normalized spacial score (nSPS) is 20.7. The highest BCUT2D eigenvalue weighted by molar-refractivity contribution is 7.80. The molecule has 0 saturated carbocycles. The fourth-order valence-electron chi connectivity index (χ4n) is 1.56. The molecule has 0 bridgehead atoms. The summed E-state index contributed by atoms with van der Waals surface area (Å²) in [5, 5.41) is 6.46. The first-order valence-electron chi connectivity index (χ1n) is 5.76. The fraction of sp³-hybridized carbons (Fsp3) is 0.727. The van der Waals surface area contributed by atoms with E-state index in [0.717, 1.165) is 11.4 Å². The Labute approximate surface area is 107 Å². The highest BCUT2D eigenvalue weighted by atomic mass is 32.1. The quantitative estimate of drug-likeness (QED) is 0.561. The molecular weight excluding hydrogens is 238 g/mol. The molecule has 0 radical (unpaired) electrons. The van der Waals surface area contributed by atoms with E-state index in [9.17, 15) is 9.59 Å². The van der Waals surface area contributed by atoms with Gasteiger partial charge < -0.3 is 10.6 Å². The third-order valence-electron chi connectivity index (χ3n) is 2.63. The van der Waals surface area contributed by atoms with E-state index in [0.29, 0.717) is 23.9 Å². The fourth-order valence-corrected chi connectivity index (χ4v) is 1.78. The third-order valence-corrected chi connectivity index (χ3v) is 2.89. The summed E-state index contributed by atoms with van der Waals surface area (Å²) in [4.78, 5) is 24.2. The Morgan fingerprint density at radius 2 is 2.18 bits per heavy atom. The van der Waals surface area contributed by atoms with Gasteiger partial charge in [-0.25, -0.2) is 0 Å². The van der Waals surface area contributed by atoms with Crippen molar-refractivity contribution in [3.05, 3.63) is 0 Å². The monoisotopic (exact) mass is 257 g/mol. The van der Waals surface area contributed by atoms with Crippen LogP contribution in [-0.4, -0.2) is 41.5 Å². The minimum absolute atomic E-state index is 0.130. The number of hydrogen-bond donors (Lipinski definition) is 2. The lowest BCUT2D eigenvalue weighted by atomic mass is 10.1. The molecule has 2 amide bonds. The van der Waals surface area contributed by atoms with Crippen LogP contribution >= 0.6 is 12.2 Å². The largest absolute Gasteiger partial charge is 0.362 e. The predicted molar refractivity (Wildman–Crippen MR) is 69.4 cm³/mol. The average molecular weight is 257 g/mol. The second-order valence-corrected chi connectivity index (χ2v) is 5.04. The molecule has 5 nitrogen and oxygen atoms in total. The van der Waals surface area contributed by atoms with Crippen LogP contribution in [0.3, 0.4) is 0 Å². The molecule has 0 aromatic heterocycles. The zero-order chi connectivity index (χ0) is 13.0. The zero-order valence-corrected chi connectivity index (χ0v) is 11.3. The van der Waals surface area contributed by atoms with Crippen molar-refractivity contribution in [1.29, 1.82) is 0 Å². The predicted octanol–water partition coefficient (Wildman–Crippen LogP) is 0.254. The van der Waals surface area contributed by atoms with Gasteiger partial charge in [-0.2, -0.15) is 0 Å². The van der Waals surface area contributed by atoms with Crippen LogP contribution in [0.5, 0.6) is 0 Å². The van der Waals surface area contributed by atoms with E-state index in [1.165, 1.54) is 7.05 Å². The van der Waals surface area contributed by atoms with Crippen LogP contribution < -0.4 is 10.6 Å². The van der Waals surface area contributed by atoms with Gasteiger partial charge in [0.25, 0.3) is 5.91 Å². The van der Waals surface area contributed by atoms with Crippen molar-refractivity contribution in [1.82, 2.24) is 15.5 Å². The van der Waals surface area contributed by atoms with E-state index in [1.807, 2.05) is 0 Å². The summed E-state index contributed by atoms with van der Waals surface area (Å²) < 4.78 is 0. The second kappa shape index (κ2) is 5.95. The number of carbonyl (C=O) groups is 2. The van der Waals surface area contributed by atoms with Gasteiger partial charge in [0, 0.05) is 20.0 Å². The summed E-state index contributed by atoms with van der Waals surface area (Å²) in [5.74, 6) is 0.144. The Morgan fingerprint density at radius 3 is 2.76 bits per heavy atom. The minimum atomic E-state index is -0.384. The van der Waals surface area contributed by atoms with Gasteiger partial charge in [-0.05, 0) is 24.6 Å². The molecule has 1 rings (SSSR count). The first kappa shape index (κ1) is 13.9. The lowest BCUT2D eigenvalue weighted by molar-refractivity contribution is -0.147. The van der Waals surface area contributed by atoms with Crippen LogP contribution in [0.2, 0.25) is 0 Å². The number of nitrogens with zero attached hydrogens (tertiary/aromatic N) is 1. The molecule has 1 heterocycles. The molecule has 1 atom stereocenters. The summed E-state index contributed by atoms with van der Waals surface area (Å²) in [6.45, 7) is 4.92. The van der Waals surface area contributed by atoms with Crippen molar-refractivity contribution in [2.24, 2.45) is 5.92 Å². The highest BCUT2D eigenvalue weighted by Gasteiger charge is 2.31. The first-order valence-corrected chi connectivity index (χ1v) is 6.17. The molecule has 96 valence electrons. The van der Waals surface area contributed by atoms with E-state index < -0.39 is 0 Å². The van der Waals surface area contributed by atoms with E-state index in [4.69, 9.17) is 12.2 Å². The number of hydrogen-bond acceptors (Lipinski definition) is 3. The summed E-state index contributed by atoms with van der Waals surface area (Å²) in [5.41, 5.74) is 0. The average Bonchev–Trinajstić information content (AvgIpc) is 2.27. The second-order valence-electron chi connectivity index (χ2n) is 4.63. The van der Waals surface area contributed by atoms with Crippen molar-refractivity contribution >= 4 is 29.1 Å². The SMILES string of the molecule is CC(C)CNC(=S)NC1CCC(=O)N(C)C1=O. The summed E-state index contributed by atoms with van der Waals surface area (Å²) >= 11 is 5.10. The molecule has 1 unspecified atom stereocenters. The summed E-state index contributed by atoms with van der Waals surface area (Å²) in [6, 6.07) is -0.384. The number of likely N-dealkylation sites (N-methyl/N-ethyl adjacent to an activating group) is 1. The van der Waals surface area contributed by atoms with Crippen LogP contribution in [0.1, 0.15) is 26.7 Å². The Balaban J connectivity index is 2.44. The number of carbonyl (C=O) groups excluding carboxylic acids is 2. The zero-order valence-electron chi connectivity index (χ0n) is 10.4. The van der Waals surface area contributed by atoms with Crippen LogP contribution in [0, 0.1) is 5.92 Å². The van der Waals surface area contributed by atoms with Crippen molar-refractivity contribution in [2.45, 2.75) is 32.7 Å². The van der Waals surface area contributed by atoms with Crippen LogP contribution in [0.25, 0.3) is 0 Å². The number of imide groups is 1. The molecule has 0 aliphatic carbocycles. The van der Waals surface area contributed by atoms with Gasteiger partial charge in [-0.15, -0.1) is 0 Å². The van der Waals surface area contributed by atoms with Crippen molar-refractivity contribution in [3.63, 3.8) is 0 Å². The molecule has 2 N–H and O–H groups in total. The number of rotatable bonds is 3. The first-order chi connectivity index (χ1) is 7.91. The molecule has 17 heavy (non-hydrogen) atoms. The highest BCUT2D eigenvalue weighted by Crippen LogP contribution is 2.11. The summed E-state index contributed by atoms with van der Waals surface area (Å²) in [7, 11) is 1.50. The molecule has 1 aliphatic heterocycles. The van der Waals surface area contributed by atoms with Crippen LogP contribution in [0.15, 0.2) is 0 Å². The Kier molecular flexibility index (Phi) is 4.86. The van der Waals surface area contributed by atoms with E-state index in [2.05, 4.69) is 24.5 Å². The number of piperidine rings is 1. The van der Waals surface area contributed by atoms with Gasteiger partial charge >= 0.3 is 0 Å². The molecular formula is C11H19N3O2S. The van der Waals surface area contributed by atoms with Gasteiger partial charge in [0.2, 0.25) is 5.91 Å². The topological polar surface area (TPSA) is 61.4 Å². The smallest absolute Gasteiger partial charge is 0.251 e.